The summed E-state index contributed by atoms with van der Waals surface area (Å²) in [6.07, 6.45) is 3.33. The van der Waals surface area contributed by atoms with E-state index < -0.39 is 0 Å². The van der Waals surface area contributed by atoms with E-state index in [-0.39, 0.29) is 16.9 Å². The summed E-state index contributed by atoms with van der Waals surface area (Å²) in [5, 5.41) is 0.237. The molecular weight excluding hydrogens is 308 g/mol. The highest BCUT2D eigenvalue weighted by Gasteiger charge is 2.15. The van der Waals surface area contributed by atoms with Crippen LogP contribution in [0.3, 0.4) is 0 Å². The molecule has 0 unspecified atom stereocenters. The van der Waals surface area contributed by atoms with E-state index in [1.54, 1.807) is 6.07 Å². The van der Waals surface area contributed by atoms with Crippen molar-refractivity contribution in [3.63, 3.8) is 0 Å². The number of benzene rings is 1. The number of hydrogen-bond donors (Lipinski definition) is 0. The standard InChI is InChI=1S/C15H15BrO3/c16-11-13(17)15-14(8-10-19-15)18-9-4-7-12-5-2-1-3-6-12/h1-3,5-6,8,10H,4,7,9,11H2. The van der Waals surface area contributed by atoms with Gasteiger partial charge < -0.3 is 9.15 Å². The van der Waals surface area contributed by atoms with Gasteiger partial charge >= 0.3 is 0 Å². The minimum atomic E-state index is -0.108. The van der Waals surface area contributed by atoms with Crippen LogP contribution in [0, 0.1) is 0 Å². The Bertz CT molecular complexity index is 519. The first-order valence-electron chi connectivity index (χ1n) is 6.14. The van der Waals surface area contributed by atoms with Gasteiger partial charge in [0.1, 0.15) is 0 Å². The molecule has 0 aliphatic heterocycles. The van der Waals surface area contributed by atoms with Crippen LogP contribution in [0.5, 0.6) is 5.75 Å². The van der Waals surface area contributed by atoms with Crippen molar-refractivity contribution in [1.82, 2.24) is 0 Å². The first-order valence-corrected chi connectivity index (χ1v) is 7.27. The average molecular weight is 323 g/mol. The van der Waals surface area contributed by atoms with Crippen LogP contribution in [0.25, 0.3) is 0 Å². The number of ether oxygens (including phenoxy) is 1. The number of hydrogen-bond acceptors (Lipinski definition) is 3. The van der Waals surface area contributed by atoms with Gasteiger partial charge in [-0.1, -0.05) is 46.3 Å². The molecule has 19 heavy (non-hydrogen) atoms. The van der Waals surface area contributed by atoms with Crippen LogP contribution in [-0.2, 0) is 6.42 Å². The molecule has 4 heteroatoms. The third kappa shape index (κ3) is 3.96. The summed E-state index contributed by atoms with van der Waals surface area (Å²) in [6, 6.07) is 11.9. The molecule has 0 spiro atoms. The van der Waals surface area contributed by atoms with Crippen LogP contribution in [0.1, 0.15) is 22.5 Å². The number of carbonyl (C=O) groups excluding carboxylic acids is 1. The van der Waals surface area contributed by atoms with Crippen molar-refractivity contribution >= 4 is 21.7 Å². The van der Waals surface area contributed by atoms with Crippen LogP contribution < -0.4 is 4.74 Å². The van der Waals surface area contributed by atoms with Crippen molar-refractivity contribution in [2.24, 2.45) is 0 Å². The number of rotatable bonds is 7. The highest BCUT2D eigenvalue weighted by Crippen LogP contribution is 2.21. The quantitative estimate of drug-likeness (QED) is 0.441. The first kappa shape index (κ1) is 13.9. The predicted octanol–water partition coefficient (Wildman–Crippen LogP) is 3.87. The maximum Gasteiger partial charge on any atom is 0.212 e. The molecule has 100 valence electrons. The van der Waals surface area contributed by atoms with Crippen molar-refractivity contribution in [3.8, 4) is 5.75 Å². The van der Waals surface area contributed by atoms with Gasteiger partial charge in [-0.3, -0.25) is 4.79 Å². The van der Waals surface area contributed by atoms with Gasteiger partial charge in [-0.05, 0) is 18.4 Å². The van der Waals surface area contributed by atoms with Gasteiger partial charge in [0.2, 0.25) is 11.5 Å². The minimum Gasteiger partial charge on any atom is -0.489 e. The van der Waals surface area contributed by atoms with Crippen LogP contribution in [0.2, 0.25) is 0 Å². The molecule has 0 aliphatic rings. The van der Waals surface area contributed by atoms with Crippen LogP contribution in [0.15, 0.2) is 47.1 Å². The van der Waals surface area contributed by atoms with Crippen LogP contribution in [-0.4, -0.2) is 17.7 Å². The molecule has 0 saturated heterocycles. The summed E-state index contributed by atoms with van der Waals surface area (Å²) in [6.45, 7) is 0.566. The monoisotopic (exact) mass is 322 g/mol. The van der Waals surface area contributed by atoms with Gasteiger partial charge in [0, 0.05) is 6.07 Å². The second kappa shape index (κ2) is 7.14. The fourth-order valence-electron chi connectivity index (χ4n) is 1.78. The van der Waals surface area contributed by atoms with Gasteiger partial charge in [0.15, 0.2) is 5.75 Å². The second-order valence-electron chi connectivity index (χ2n) is 4.11. The number of ketones is 1. The third-order valence-electron chi connectivity index (χ3n) is 2.71. The lowest BCUT2D eigenvalue weighted by atomic mass is 10.1. The van der Waals surface area contributed by atoms with E-state index in [1.165, 1.54) is 11.8 Å². The van der Waals surface area contributed by atoms with E-state index in [0.717, 1.165) is 12.8 Å². The summed E-state index contributed by atoms with van der Waals surface area (Å²) >= 11 is 3.12. The summed E-state index contributed by atoms with van der Waals surface area (Å²) in [5.74, 6) is 0.706. The Labute approximate surface area is 120 Å². The Kier molecular flexibility index (Phi) is 5.21. The van der Waals surface area contributed by atoms with E-state index in [1.807, 2.05) is 18.2 Å². The van der Waals surface area contributed by atoms with E-state index in [2.05, 4.69) is 28.1 Å². The molecule has 0 aliphatic carbocycles. The third-order valence-corrected chi connectivity index (χ3v) is 3.22. The highest BCUT2D eigenvalue weighted by atomic mass is 79.9. The summed E-state index contributed by atoms with van der Waals surface area (Å²) in [4.78, 5) is 11.5. The summed E-state index contributed by atoms with van der Waals surface area (Å²) in [7, 11) is 0. The zero-order valence-electron chi connectivity index (χ0n) is 10.5. The SMILES string of the molecule is O=C(CBr)c1occc1OCCCc1ccccc1. The molecule has 2 aromatic rings. The van der Waals surface area contributed by atoms with E-state index in [0.29, 0.717) is 12.4 Å². The lowest BCUT2D eigenvalue weighted by Gasteiger charge is -2.05. The second-order valence-corrected chi connectivity index (χ2v) is 4.67. The Hall–Kier alpha value is -1.55. The number of carbonyl (C=O) groups is 1. The van der Waals surface area contributed by atoms with Crippen molar-refractivity contribution in [1.29, 1.82) is 0 Å². The molecule has 0 N–H and O–H groups in total. The lowest BCUT2D eigenvalue weighted by Crippen LogP contribution is -2.04. The molecule has 2 rings (SSSR count). The molecule has 1 aromatic heterocycles. The molecule has 0 atom stereocenters. The van der Waals surface area contributed by atoms with E-state index >= 15 is 0 Å². The molecule has 0 amide bonds. The largest absolute Gasteiger partial charge is 0.489 e. The van der Waals surface area contributed by atoms with Gasteiger partial charge in [-0.15, -0.1) is 0 Å². The number of Topliss-reactive ketones (excluding diaryl/α,β-unsaturated/α-hetero) is 1. The smallest absolute Gasteiger partial charge is 0.212 e. The molecule has 3 nitrogen and oxygen atoms in total. The average Bonchev–Trinajstić information content (AvgIpc) is 2.92. The summed E-state index contributed by atoms with van der Waals surface area (Å²) < 4.78 is 10.7. The van der Waals surface area contributed by atoms with Crippen molar-refractivity contribution < 1.29 is 13.9 Å². The van der Waals surface area contributed by atoms with Crippen LogP contribution in [0.4, 0.5) is 0 Å². The highest BCUT2D eigenvalue weighted by molar-refractivity contribution is 9.09. The molecule has 0 radical (unpaired) electrons. The Morgan fingerprint density at radius 2 is 2.00 bits per heavy atom. The van der Waals surface area contributed by atoms with E-state index in [4.69, 9.17) is 9.15 Å². The van der Waals surface area contributed by atoms with E-state index in [9.17, 15) is 4.79 Å². The van der Waals surface area contributed by atoms with Gasteiger partial charge in [0.25, 0.3) is 0 Å². The number of halogens is 1. The Morgan fingerprint density at radius 3 is 2.74 bits per heavy atom. The minimum absolute atomic E-state index is 0.108. The predicted molar refractivity (Wildman–Crippen MR) is 77.1 cm³/mol. The molecule has 0 saturated carbocycles. The normalized spacial score (nSPS) is 10.4. The fourth-order valence-corrected chi connectivity index (χ4v) is 2.03. The molecular formula is C15H15BrO3. The molecule has 0 bridgehead atoms. The maximum absolute atomic E-state index is 11.5. The van der Waals surface area contributed by atoms with Crippen molar-refractivity contribution in [3.05, 3.63) is 54.0 Å². The first-order chi connectivity index (χ1) is 9.31. The fraction of sp³-hybridized carbons (Fsp3) is 0.267. The van der Waals surface area contributed by atoms with Gasteiger partial charge in [0.05, 0.1) is 18.2 Å². The van der Waals surface area contributed by atoms with Crippen molar-refractivity contribution in [2.75, 3.05) is 11.9 Å². The molecule has 1 aromatic carbocycles. The topological polar surface area (TPSA) is 39.4 Å². The number of aryl methyl sites for hydroxylation is 1. The zero-order chi connectivity index (χ0) is 13.5. The lowest BCUT2D eigenvalue weighted by molar-refractivity contribution is 0.0988. The maximum atomic E-state index is 11.5. The van der Waals surface area contributed by atoms with Gasteiger partial charge in [-0.2, -0.15) is 0 Å². The molecule has 1 heterocycles. The van der Waals surface area contributed by atoms with Crippen LogP contribution >= 0.6 is 15.9 Å². The zero-order valence-corrected chi connectivity index (χ0v) is 12.1. The van der Waals surface area contributed by atoms with Crippen molar-refractivity contribution in [2.45, 2.75) is 12.8 Å². The Balaban J connectivity index is 1.80. The molecule has 0 fully saturated rings. The van der Waals surface area contributed by atoms with Gasteiger partial charge in [-0.25, -0.2) is 0 Å². The Morgan fingerprint density at radius 1 is 1.21 bits per heavy atom. The number of alkyl halides is 1. The number of furan rings is 1. The summed E-state index contributed by atoms with van der Waals surface area (Å²) in [5.41, 5.74) is 1.29.